The van der Waals surface area contributed by atoms with Crippen molar-refractivity contribution in [3.05, 3.63) is 35.1 Å². The van der Waals surface area contributed by atoms with Crippen LogP contribution >= 0.6 is 11.6 Å². The van der Waals surface area contributed by atoms with Gasteiger partial charge in [0.15, 0.2) is 5.82 Å². The fraction of sp³-hybridized carbons (Fsp3) is 0.400. The first-order valence-corrected chi connectivity index (χ1v) is 7.74. The number of carboxylic acid groups (broad SMARTS) is 1. The van der Waals surface area contributed by atoms with E-state index in [0.29, 0.717) is 10.2 Å². The topological polar surface area (TPSA) is 80.5 Å². The van der Waals surface area contributed by atoms with Gasteiger partial charge in [-0.2, -0.15) is 18.6 Å². The fourth-order valence-corrected chi connectivity index (χ4v) is 3.12. The van der Waals surface area contributed by atoms with Crippen LogP contribution in [0.2, 0.25) is 5.02 Å². The molecule has 1 saturated heterocycles. The molecule has 1 amide bonds. The van der Waals surface area contributed by atoms with Crippen LogP contribution in [0.1, 0.15) is 32.0 Å². The van der Waals surface area contributed by atoms with E-state index in [1.807, 2.05) is 0 Å². The van der Waals surface area contributed by atoms with E-state index in [2.05, 4.69) is 10.1 Å². The number of amides is 1. The van der Waals surface area contributed by atoms with Crippen LogP contribution in [0.4, 0.5) is 13.6 Å². The van der Waals surface area contributed by atoms with Crippen LogP contribution in [-0.2, 0) is 4.74 Å². The number of rotatable bonds is 3. The predicted molar refractivity (Wildman–Crippen MR) is 84.4 cm³/mol. The van der Waals surface area contributed by atoms with Crippen molar-refractivity contribution in [1.82, 2.24) is 19.7 Å². The van der Waals surface area contributed by atoms with Crippen LogP contribution in [0.5, 0.6) is 0 Å². The Morgan fingerprint density at radius 3 is 2.84 bits per heavy atom. The van der Waals surface area contributed by atoms with E-state index in [4.69, 9.17) is 16.3 Å². The van der Waals surface area contributed by atoms with Crippen LogP contribution in [0.15, 0.2) is 24.5 Å². The van der Waals surface area contributed by atoms with Crippen molar-refractivity contribution in [3.63, 3.8) is 0 Å². The lowest BCUT2D eigenvalue weighted by Gasteiger charge is -2.31. The number of aromatic nitrogens is 3. The summed E-state index contributed by atoms with van der Waals surface area (Å²) in [6.07, 6.45) is -0.129. The van der Waals surface area contributed by atoms with Crippen molar-refractivity contribution in [2.24, 2.45) is 0 Å². The second kappa shape index (κ2) is 6.23. The molecule has 0 radical (unpaired) electrons. The molecule has 10 heteroatoms. The van der Waals surface area contributed by atoms with Crippen LogP contribution in [0.3, 0.4) is 0 Å². The van der Waals surface area contributed by atoms with Gasteiger partial charge in [-0.15, -0.1) is 0 Å². The molecule has 1 N–H and O–H groups in total. The zero-order chi connectivity index (χ0) is 18.4. The Morgan fingerprint density at radius 2 is 2.20 bits per heavy atom. The predicted octanol–water partition coefficient (Wildman–Crippen LogP) is 3.78. The zero-order valence-electron chi connectivity index (χ0n) is 13.4. The van der Waals surface area contributed by atoms with Gasteiger partial charge in [0.2, 0.25) is 0 Å². The fourth-order valence-electron chi connectivity index (χ4n) is 2.92. The highest BCUT2D eigenvalue weighted by Gasteiger charge is 2.44. The molecule has 1 aromatic heterocycles. The van der Waals surface area contributed by atoms with E-state index >= 15 is 0 Å². The van der Waals surface area contributed by atoms with Gasteiger partial charge in [0.05, 0.1) is 17.7 Å². The summed E-state index contributed by atoms with van der Waals surface area (Å²) in [6, 6.07) is 4.10. The average Bonchev–Trinajstić information content (AvgIpc) is 3.11. The lowest BCUT2D eigenvalue weighted by Crippen LogP contribution is -2.44. The van der Waals surface area contributed by atoms with E-state index in [0.717, 1.165) is 6.33 Å². The van der Waals surface area contributed by atoms with Gasteiger partial charge in [0.1, 0.15) is 12.1 Å². The summed E-state index contributed by atoms with van der Waals surface area (Å²) in [7, 11) is 0. The summed E-state index contributed by atoms with van der Waals surface area (Å²) in [5, 5.41) is 13.2. The molecule has 0 aliphatic carbocycles. The SMILES string of the molecule is CC1(C)OC[C@H](c2ccc(Cl)c(-c3ncnn3C(F)F)c2)N1C(=O)O. The van der Waals surface area contributed by atoms with E-state index < -0.39 is 24.4 Å². The molecule has 1 aliphatic rings. The van der Waals surface area contributed by atoms with E-state index in [1.54, 1.807) is 19.9 Å². The molecule has 0 saturated carbocycles. The monoisotopic (exact) mass is 372 g/mol. The molecule has 2 aromatic rings. The van der Waals surface area contributed by atoms with Gasteiger partial charge in [-0.3, -0.25) is 4.90 Å². The number of halogens is 3. The second-order valence-corrected chi connectivity index (χ2v) is 6.38. The third-order valence-corrected chi connectivity index (χ3v) is 4.40. The average molecular weight is 373 g/mol. The van der Waals surface area contributed by atoms with Crippen molar-refractivity contribution < 1.29 is 23.4 Å². The molecule has 1 fully saturated rings. The van der Waals surface area contributed by atoms with E-state index in [-0.39, 0.29) is 23.0 Å². The van der Waals surface area contributed by atoms with Crippen LogP contribution in [-0.4, -0.2) is 43.2 Å². The summed E-state index contributed by atoms with van der Waals surface area (Å²) in [5.74, 6) is -0.0955. The number of carbonyl (C=O) groups is 1. The summed E-state index contributed by atoms with van der Waals surface area (Å²) >= 11 is 6.14. The van der Waals surface area contributed by atoms with Crippen molar-refractivity contribution in [2.45, 2.75) is 32.2 Å². The van der Waals surface area contributed by atoms with Gasteiger partial charge in [0, 0.05) is 5.56 Å². The first-order valence-electron chi connectivity index (χ1n) is 7.36. The maximum Gasteiger partial charge on any atom is 0.410 e. The standard InChI is InChI=1S/C15H15ClF2N4O3/c1-15(2)21(14(23)24)11(6-25-15)8-3-4-10(16)9(5-8)12-19-7-20-22(12)13(17)18/h3-5,7,11,13H,6H2,1-2H3,(H,23,24)/t11-/m1/s1. The van der Waals surface area contributed by atoms with Crippen molar-refractivity contribution in [1.29, 1.82) is 0 Å². The quantitative estimate of drug-likeness (QED) is 0.886. The molecule has 7 nitrogen and oxygen atoms in total. The van der Waals surface area contributed by atoms with Crippen LogP contribution in [0, 0.1) is 0 Å². The summed E-state index contributed by atoms with van der Waals surface area (Å²) in [6.45, 7) is 0.556. The number of benzene rings is 1. The second-order valence-electron chi connectivity index (χ2n) is 5.97. The van der Waals surface area contributed by atoms with Gasteiger partial charge in [-0.1, -0.05) is 17.7 Å². The molecule has 3 rings (SSSR count). The van der Waals surface area contributed by atoms with Gasteiger partial charge in [-0.05, 0) is 31.5 Å². The lowest BCUT2D eigenvalue weighted by atomic mass is 10.0. The lowest BCUT2D eigenvalue weighted by molar-refractivity contribution is -0.0420. The Labute approximate surface area is 146 Å². The molecular weight excluding hydrogens is 358 g/mol. The number of ether oxygens (including phenoxy) is 1. The third-order valence-electron chi connectivity index (χ3n) is 4.07. The van der Waals surface area contributed by atoms with Gasteiger partial charge < -0.3 is 9.84 Å². The zero-order valence-corrected chi connectivity index (χ0v) is 14.1. The molecule has 1 aliphatic heterocycles. The molecule has 25 heavy (non-hydrogen) atoms. The Balaban J connectivity index is 2.06. The molecule has 134 valence electrons. The van der Waals surface area contributed by atoms with Crippen molar-refractivity contribution in [2.75, 3.05) is 6.61 Å². The smallest absolute Gasteiger partial charge is 0.410 e. The Morgan fingerprint density at radius 1 is 1.48 bits per heavy atom. The summed E-state index contributed by atoms with van der Waals surface area (Å²) in [5.41, 5.74) is -0.192. The van der Waals surface area contributed by atoms with Gasteiger partial charge >= 0.3 is 12.6 Å². The molecule has 1 atom stereocenters. The largest absolute Gasteiger partial charge is 0.465 e. The first-order chi connectivity index (χ1) is 11.7. The molecule has 0 spiro atoms. The highest BCUT2D eigenvalue weighted by atomic mass is 35.5. The first kappa shape index (κ1) is 17.6. The molecule has 1 aromatic carbocycles. The van der Waals surface area contributed by atoms with Gasteiger partial charge in [-0.25, -0.2) is 9.78 Å². The van der Waals surface area contributed by atoms with Crippen LogP contribution < -0.4 is 0 Å². The maximum atomic E-state index is 13.1. The third kappa shape index (κ3) is 3.05. The van der Waals surface area contributed by atoms with Crippen LogP contribution in [0.25, 0.3) is 11.4 Å². The summed E-state index contributed by atoms with van der Waals surface area (Å²) < 4.78 is 32.1. The van der Waals surface area contributed by atoms with Crippen molar-refractivity contribution in [3.8, 4) is 11.4 Å². The number of alkyl halides is 2. The minimum absolute atomic E-state index is 0.0955. The Bertz CT molecular complexity index is 812. The summed E-state index contributed by atoms with van der Waals surface area (Å²) in [4.78, 5) is 16.6. The minimum atomic E-state index is -2.87. The minimum Gasteiger partial charge on any atom is -0.465 e. The maximum absolute atomic E-state index is 13.1. The molecule has 2 heterocycles. The highest BCUT2D eigenvalue weighted by molar-refractivity contribution is 6.33. The van der Waals surface area contributed by atoms with Crippen molar-refractivity contribution >= 4 is 17.7 Å². The molecule has 0 unspecified atom stereocenters. The molecular formula is C15H15ClF2N4O3. The Kier molecular flexibility index (Phi) is 4.38. The number of hydrogen-bond donors (Lipinski definition) is 1. The van der Waals surface area contributed by atoms with Gasteiger partial charge in [0.25, 0.3) is 0 Å². The Hall–Kier alpha value is -2.26. The molecule has 0 bridgehead atoms. The number of nitrogens with zero attached hydrogens (tertiary/aromatic N) is 4. The highest BCUT2D eigenvalue weighted by Crippen LogP contribution is 2.39. The van der Waals surface area contributed by atoms with E-state index in [9.17, 15) is 18.7 Å². The number of hydrogen-bond acceptors (Lipinski definition) is 4. The van der Waals surface area contributed by atoms with E-state index in [1.165, 1.54) is 17.0 Å². The normalized spacial score (nSPS) is 19.6.